The Hall–Kier alpha value is -1.65. The van der Waals surface area contributed by atoms with E-state index in [1.54, 1.807) is 0 Å². The Labute approximate surface area is 125 Å². The average molecular weight is 285 g/mol. The van der Waals surface area contributed by atoms with Crippen LogP contribution in [0.25, 0.3) is 10.8 Å². The summed E-state index contributed by atoms with van der Waals surface area (Å²) in [5.41, 5.74) is 6.77. The van der Waals surface area contributed by atoms with E-state index in [2.05, 4.69) is 49.1 Å². The highest BCUT2D eigenvalue weighted by molar-refractivity contribution is 5.92. The van der Waals surface area contributed by atoms with E-state index in [0.717, 1.165) is 31.1 Å². The Balaban J connectivity index is 2.12. The summed E-state index contributed by atoms with van der Waals surface area (Å²) in [4.78, 5) is 7.22. The third-order valence-corrected chi connectivity index (χ3v) is 4.19. The Morgan fingerprint density at radius 2 is 2.19 bits per heavy atom. The van der Waals surface area contributed by atoms with E-state index in [1.807, 2.05) is 0 Å². The number of hydrogen-bond acceptors (Lipinski definition) is 4. The molecule has 3 rings (SSSR count). The maximum absolute atomic E-state index is 5.83. The van der Waals surface area contributed by atoms with Crippen molar-refractivity contribution in [2.75, 3.05) is 18.1 Å². The molecule has 0 aliphatic carbocycles. The first-order valence-corrected chi connectivity index (χ1v) is 7.70. The average Bonchev–Trinajstić information content (AvgIpc) is 2.53. The summed E-state index contributed by atoms with van der Waals surface area (Å²) in [6.45, 7) is 6.43. The van der Waals surface area contributed by atoms with Crippen LogP contribution in [-0.4, -0.2) is 30.3 Å². The minimum Gasteiger partial charge on any atom is -0.375 e. The van der Waals surface area contributed by atoms with Crippen LogP contribution in [0.15, 0.2) is 30.3 Å². The van der Waals surface area contributed by atoms with Gasteiger partial charge >= 0.3 is 0 Å². The molecule has 0 amide bonds. The van der Waals surface area contributed by atoms with Crippen molar-refractivity contribution in [1.82, 2.24) is 4.98 Å². The lowest BCUT2D eigenvalue weighted by molar-refractivity contribution is 0.0297. The van der Waals surface area contributed by atoms with Crippen LogP contribution in [-0.2, 0) is 11.3 Å². The number of rotatable bonds is 3. The summed E-state index contributed by atoms with van der Waals surface area (Å²) in [7, 11) is 0. The SMILES string of the molecule is CCC1COC(C)CN1c1nc(CN)cc2ccccc12. The molecule has 21 heavy (non-hydrogen) atoms. The predicted molar refractivity (Wildman–Crippen MR) is 86.5 cm³/mol. The van der Waals surface area contributed by atoms with Crippen LogP contribution in [0.3, 0.4) is 0 Å². The zero-order chi connectivity index (χ0) is 14.8. The molecule has 1 aliphatic heterocycles. The smallest absolute Gasteiger partial charge is 0.137 e. The van der Waals surface area contributed by atoms with Gasteiger partial charge in [0.05, 0.1) is 24.4 Å². The molecule has 1 aliphatic rings. The Morgan fingerprint density at radius 1 is 1.38 bits per heavy atom. The number of benzene rings is 1. The normalized spacial score (nSPS) is 22.7. The standard InChI is InChI=1S/C17H23N3O/c1-3-15-11-21-12(2)10-20(15)17-16-7-5-4-6-13(16)8-14(9-18)19-17/h4-8,12,15H,3,9-11,18H2,1-2H3. The van der Waals surface area contributed by atoms with Crippen LogP contribution < -0.4 is 10.6 Å². The van der Waals surface area contributed by atoms with Gasteiger partial charge < -0.3 is 15.4 Å². The van der Waals surface area contributed by atoms with Crippen molar-refractivity contribution in [2.24, 2.45) is 5.73 Å². The second-order valence-corrected chi connectivity index (χ2v) is 5.72. The molecule has 0 spiro atoms. The first-order chi connectivity index (χ1) is 10.2. The Morgan fingerprint density at radius 3 is 2.95 bits per heavy atom. The van der Waals surface area contributed by atoms with E-state index in [1.165, 1.54) is 10.8 Å². The number of aromatic nitrogens is 1. The Kier molecular flexibility index (Phi) is 4.08. The van der Waals surface area contributed by atoms with Crippen LogP contribution in [0.4, 0.5) is 5.82 Å². The van der Waals surface area contributed by atoms with Gasteiger partial charge in [-0.2, -0.15) is 0 Å². The molecule has 1 aromatic carbocycles. The molecule has 2 N–H and O–H groups in total. The fourth-order valence-electron chi connectivity index (χ4n) is 3.00. The summed E-state index contributed by atoms with van der Waals surface area (Å²) < 4.78 is 5.81. The summed E-state index contributed by atoms with van der Waals surface area (Å²) in [6, 6.07) is 10.9. The van der Waals surface area contributed by atoms with E-state index in [-0.39, 0.29) is 6.10 Å². The topological polar surface area (TPSA) is 51.4 Å². The van der Waals surface area contributed by atoms with Crippen LogP contribution in [0.2, 0.25) is 0 Å². The Bertz CT molecular complexity index is 628. The first kappa shape index (κ1) is 14.3. The van der Waals surface area contributed by atoms with Crippen LogP contribution in [0.5, 0.6) is 0 Å². The molecule has 0 radical (unpaired) electrons. The lowest BCUT2D eigenvalue weighted by Crippen LogP contribution is -2.49. The molecule has 0 bridgehead atoms. The van der Waals surface area contributed by atoms with E-state index in [0.29, 0.717) is 12.6 Å². The molecule has 112 valence electrons. The van der Waals surface area contributed by atoms with Gasteiger partial charge in [-0.1, -0.05) is 31.2 Å². The molecule has 2 heterocycles. The summed E-state index contributed by atoms with van der Waals surface area (Å²) in [5, 5.41) is 2.40. The number of hydrogen-bond donors (Lipinski definition) is 1. The molecular weight excluding hydrogens is 262 g/mol. The third kappa shape index (κ3) is 2.74. The summed E-state index contributed by atoms with van der Waals surface area (Å²) in [6.07, 6.45) is 1.28. The molecular formula is C17H23N3O. The number of morpholine rings is 1. The van der Waals surface area contributed by atoms with Gasteiger partial charge in [-0.25, -0.2) is 4.98 Å². The largest absolute Gasteiger partial charge is 0.375 e. The zero-order valence-corrected chi connectivity index (χ0v) is 12.7. The van der Waals surface area contributed by atoms with Gasteiger partial charge in [0, 0.05) is 18.5 Å². The van der Waals surface area contributed by atoms with Crippen molar-refractivity contribution >= 4 is 16.6 Å². The van der Waals surface area contributed by atoms with Gasteiger partial charge in [0.15, 0.2) is 0 Å². The van der Waals surface area contributed by atoms with Gasteiger partial charge in [0.1, 0.15) is 5.82 Å². The van der Waals surface area contributed by atoms with E-state index in [9.17, 15) is 0 Å². The molecule has 4 nitrogen and oxygen atoms in total. The highest BCUT2D eigenvalue weighted by atomic mass is 16.5. The van der Waals surface area contributed by atoms with Gasteiger partial charge in [0.25, 0.3) is 0 Å². The zero-order valence-electron chi connectivity index (χ0n) is 12.7. The second-order valence-electron chi connectivity index (χ2n) is 5.72. The summed E-state index contributed by atoms with van der Waals surface area (Å²) >= 11 is 0. The quantitative estimate of drug-likeness (QED) is 0.942. The third-order valence-electron chi connectivity index (χ3n) is 4.19. The van der Waals surface area contributed by atoms with Crippen molar-refractivity contribution in [3.63, 3.8) is 0 Å². The van der Waals surface area contributed by atoms with Crippen molar-refractivity contribution in [1.29, 1.82) is 0 Å². The fourth-order valence-corrected chi connectivity index (χ4v) is 3.00. The highest BCUT2D eigenvalue weighted by Gasteiger charge is 2.27. The minimum absolute atomic E-state index is 0.231. The van der Waals surface area contributed by atoms with Gasteiger partial charge in [-0.05, 0) is 24.8 Å². The first-order valence-electron chi connectivity index (χ1n) is 7.70. The fraction of sp³-hybridized carbons (Fsp3) is 0.471. The predicted octanol–water partition coefficient (Wildman–Crippen LogP) is 2.70. The lowest BCUT2D eigenvalue weighted by Gasteiger charge is -2.39. The van der Waals surface area contributed by atoms with Gasteiger partial charge in [-0.3, -0.25) is 0 Å². The van der Waals surface area contributed by atoms with Crippen molar-refractivity contribution in [3.05, 3.63) is 36.0 Å². The molecule has 1 aromatic heterocycles. The molecule has 2 unspecified atom stereocenters. The van der Waals surface area contributed by atoms with Crippen molar-refractivity contribution in [3.8, 4) is 0 Å². The molecule has 4 heteroatoms. The van der Waals surface area contributed by atoms with Crippen molar-refractivity contribution in [2.45, 2.75) is 39.0 Å². The summed E-state index contributed by atoms with van der Waals surface area (Å²) in [5.74, 6) is 1.05. The van der Waals surface area contributed by atoms with Crippen LogP contribution >= 0.6 is 0 Å². The molecule has 1 fully saturated rings. The second kappa shape index (κ2) is 6.00. The molecule has 2 atom stereocenters. The van der Waals surface area contributed by atoms with Crippen LogP contribution in [0, 0.1) is 0 Å². The maximum Gasteiger partial charge on any atom is 0.137 e. The van der Waals surface area contributed by atoms with E-state index < -0.39 is 0 Å². The molecule has 2 aromatic rings. The highest BCUT2D eigenvalue weighted by Crippen LogP contribution is 2.30. The lowest BCUT2D eigenvalue weighted by atomic mass is 10.1. The molecule has 0 saturated carbocycles. The molecule has 1 saturated heterocycles. The van der Waals surface area contributed by atoms with Crippen LogP contribution in [0.1, 0.15) is 26.0 Å². The minimum atomic E-state index is 0.231. The monoisotopic (exact) mass is 285 g/mol. The van der Waals surface area contributed by atoms with Gasteiger partial charge in [-0.15, -0.1) is 0 Å². The number of nitrogens with two attached hydrogens (primary N) is 1. The van der Waals surface area contributed by atoms with Gasteiger partial charge in [0.2, 0.25) is 0 Å². The van der Waals surface area contributed by atoms with E-state index in [4.69, 9.17) is 15.5 Å². The van der Waals surface area contributed by atoms with Crippen molar-refractivity contribution < 1.29 is 4.74 Å². The number of ether oxygens (including phenoxy) is 1. The number of anilines is 1. The number of pyridine rings is 1. The maximum atomic E-state index is 5.83. The van der Waals surface area contributed by atoms with E-state index >= 15 is 0 Å². The number of fused-ring (bicyclic) bond motifs is 1. The number of nitrogens with zero attached hydrogens (tertiary/aromatic N) is 2.